The van der Waals surface area contributed by atoms with Gasteiger partial charge in [-0.1, -0.05) is 23.7 Å². The number of carboxylic acid groups (broad SMARTS) is 1. The Morgan fingerprint density at radius 1 is 1.21 bits per heavy atom. The highest BCUT2D eigenvalue weighted by atomic mass is 35.5. The molecule has 0 spiro atoms. The van der Waals surface area contributed by atoms with Crippen molar-refractivity contribution in [2.24, 2.45) is 0 Å². The summed E-state index contributed by atoms with van der Waals surface area (Å²) in [6, 6.07) is 10.3. The number of halogens is 1. The number of aliphatic hydroxyl groups is 1. The third-order valence-electron chi connectivity index (χ3n) is 5.93. The van der Waals surface area contributed by atoms with Crippen LogP contribution in [-0.4, -0.2) is 61.5 Å². The molecule has 1 aliphatic heterocycles. The number of carboxylic acids is 1. The lowest BCUT2D eigenvalue weighted by atomic mass is 9.89. The summed E-state index contributed by atoms with van der Waals surface area (Å²) in [7, 11) is 5.06. The van der Waals surface area contributed by atoms with Gasteiger partial charge in [0, 0.05) is 42.1 Å². The Morgan fingerprint density at radius 2 is 1.85 bits per heavy atom. The number of nitrogens with zero attached hydrogens (tertiary/aromatic N) is 1. The van der Waals surface area contributed by atoms with Crippen LogP contribution in [0.3, 0.4) is 0 Å². The van der Waals surface area contributed by atoms with Crippen molar-refractivity contribution in [1.29, 1.82) is 0 Å². The van der Waals surface area contributed by atoms with Crippen LogP contribution in [0.1, 0.15) is 24.8 Å². The van der Waals surface area contributed by atoms with Crippen molar-refractivity contribution in [3.63, 3.8) is 0 Å². The molecule has 2 heterocycles. The second-order valence-corrected chi connectivity index (χ2v) is 8.41. The minimum atomic E-state index is -0.833. The molecule has 0 saturated carbocycles. The number of ether oxygens (including phenoxy) is 2. The number of aliphatic hydroxyl groups excluding tert-OH is 1. The van der Waals surface area contributed by atoms with Crippen LogP contribution in [0, 0.1) is 0 Å². The molecule has 1 saturated heterocycles. The quantitative estimate of drug-likeness (QED) is 0.553. The second-order valence-electron chi connectivity index (χ2n) is 8.00. The predicted octanol–water partition coefficient (Wildman–Crippen LogP) is 4.00. The summed E-state index contributed by atoms with van der Waals surface area (Å²) < 4.78 is 17.5. The van der Waals surface area contributed by atoms with Crippen LogP contribution in [-0.2, 0) is 4.79 Å². The van der Waals surface area contributed by atoms with Gasteiger partial charge in [-0.3, -0.25) is 9.59 Å². The molecule has 34 heavy (non-hydrogen) atoms. The van der Waals surface area contributed by atoms with E-state index in [0.717, 1.165) is 25.5 Å². The fraction of sp³-hybridized carbons (Fsp3) is 0.360. The van der Waals surface area contributed by atoms with Crippen LogP contribution in [0.2, 0.25) is 5.02 Å². The van der Waals surface area contributed by atoms with Crippen molar-refractivity contribution in [3.05, 3.63) is 57.2 Å². The molecule has 2 N–H and O–H groups in total. The van der Waals surface area contributed by atoms with Gasteiger partial charge in [0.25, 0.3) is 5.97 Å². The van der Waals surface area contributed by atoms with Crippen LogP contribution >= 0.6 is 11.6 Å². The van der Waals surface area contributed by atoms with Crippen LogP contribution < -0.4 is 14.9 Å². The van der Waals surface area contributed by atoms with Gasteiger partial charge in [-0.15, -0.1) is 0 Å². The number of carbonyl (C=O) groups is 1. The first-order valence-corrected chi connectivity index (χ1v) is 11.1. The molecule has 182 valence electrons. The largest absolute Gasteiger partial charge is 0.496 e. The van der Waals surface area contributed by atoms with E-state index in [9.17, 15) is 9.90 Å². The van der Waals surface area contributed by atoms with Crippen molar-refractivity contribution in [2.75, 3.05) is 34.4 Å². The Labute approximate surface area is 202 Å². The molecule has 0 unspecified atom stereocenters. The van der Waals surface area contributed by atoms with Crippen LogP contribution in [0.5, 0.6) is 11.5 Å². The van der Waals surface area contributed by atoms with Crippen molar-refractivity contribution in [1.82, 2.24) is 4.90 Å². The zero-order valence-corrected chi connectivity index (χ0v) is 20.3. The molecule has 0 aliphatic carbocycles. The average molecular weight is 490 g/mol. The van der Waals surface area contributed by atoms with E-state index in [1.807, 2.05) is 25.2 Å². The Balaban J connectivity index is 0.000000751. The Hall–Kier alpha value is -3.07. The number of hydrogen-bond donors (Lipinski definition) is 2. The first-order chi connectivity index (χ1) is 16.2. The number of fused-ring (bicyclic) bond motifs is 1. The smallest absolute Gasteiger partial charge is 0.300 e. The molecule has 1 fully saturated rings. The zero-order valence-electron chi connectivity index (χ0n) is 19.5. The highest BCUT2D eigenvalue weighted by Gasteiger charge is 2.37. The number of hydrogen-bond acceptors (Lipinski definition) is 7. The van der Waals surface area contributed by atoms with E-state index in [1.54, 1.807) is 19.2 Å². The number of likely N-dealkylation sites (N-methyl/N-ethyl adjacent to an activating group) is 1. The molecule has 3 aromatic rings. The Morgan fingerprint density at radius 3 is 2.44 bits per heavy atom. The normalized spacial score (nSPS) is 17.8. The summed E-state index contributed by atoms with van der Waals surface area (Å²) in [5.41, 5.74) is 1.59. The SMILES string of the molecule is CC(=O)O.COc1cc(OC)c2c(=O)cc(-c3ccccc3Cl)oc2c1[C@H]1CCN(C)[C@@H]1CO. The monoisotopic (exact) mass is 489 g/mol. The third-order valence-corrected chi connectivity index (χ3v) is 6.26. The standard InChI is InChI=1S/C23H24ClNO5.C2H4O2/c1-25-9-8-14(16(25)12-26)21-19(28-2)11-20(29-3)22-17(27)10-18(30-23(21)22)13-6-4-5-7-15(13)24;1-2(3)4/h4-7,10-11,14,16,26H,8-9,12H2,1-3H3;1H3,(H,3,4)/t14-,16+;/m0./s1. The van der Waals surface area contributed by atoms with E-state index in [2.05, 4.69) is 4.90 Å². The van der Waals surface area contributed by atoms with E-state index >= 15 is 0 Å². The van der Waals surface area contributed by atoms with Crippen molar-refractivity contribution >= 4 is 28.5 Å². The highest BCUT2D eigenvalue weighted by Crippen LogP contribution is 2.45. The lowest BCUT2D eigenvalue weighted by molar-refractivity contribution is -0.134. The summed E-state index contributed by atoms with van der Waals surface area (Å²) >= 11 is 6.36. The van der Waals surface area contributed by atoms with Gasteiger partial charge in [-0.25, -0.2) is 0 Å². The van der Waals surface area contributed by atoms with Gasteiger partial charge in [0.1, 0.15) is 28.2 Å². The molecule has 9 heteroatoms. The number of aliphatic carboxylic acids is 1. The molecule has 2 atom stereocenters. The molecular weight excluding hydrogens is 462 g/mol. The van der Waals surface area contributed by atoms with Gasteiger partial charge in [0.2, 0.25) is 0 Å². The van der Waals surface area contributed by atoms with Gasteiger partial charge in [0.15, 0.2) is 5.43 Å². The Bertz CT molecular complexity index is 1240. The van der Waals surface area contributed by atoms with Gasteiger partial charge in [0.05, 0.1) is 25.8 Å². The van der Waals surface area contributed by atoms with Gasteiger partial charge in [-0.2, -0.15) is 0 Å². The van der Waals surface area contributed by atoms with E-state index in [0.29, 0.717) is 38.8 Å². The summed E-state index contributed by atoms with van der Waals surface area (Å²) in [5, 5.41) is 18.3. The third kappa shape index (κ3) is 5.04. The molecule has 0 amide bonds. The second kappa shape index (κ2) is 10.9. The fourth-order valence-electron chi connectivity index (χ4n) is 4.38. The number of likely N-dealkylation sites (tertiary alicyclic amines) is 1. The molecular formula is C25H28ClNO7. The maximum atomic E-state index is 13.2. The molecule has 0 bridgehead atoms. The summed E-state index contributed by atoms with van der Waals surface area (Å²) in [5.74, 6) is 0.434. The van der Waals surface area contributed by atoms with Gasteiger partial charge >= 0.3 is 0 Å². The van der Waals surface area contributed by atoms with Crippen LogP contribution in [0.15, 0.2) is 45.6 Å². The molecule has 1 aromatic heterocycles. The molecule has 0 radical (unpaired) electrons. The summed E-state index contributed by atoms with van der Waals surface area (Å²) in [6.07, 6.45) is 0.805. The molecule has 4 rings (SSSR count). The topological polar surface area (TPSA) is 109 Å². The zero-order chi connectivity index (χ0) is 25.0. The number of benzene rings is 2. The predicted molar refractivity (Wildman–Crippen MR) is 130 cm³/mol. The van der Waals surface area contributed by atoms with Crippen LogP contribution in [0.4, 0.5) is 0 Å². The molecule has 8 nitrogen and oxygen atoms in total. The average Bonchev–Trinajstić information content (AvgIpc) is 3.17. The lowest BCUT2D eigenvalue weighted by Gasteiger charge is -2.25. The first-order valence-electron chi connectivity index (χ1n) is 10.7. The van der Waals surface area contributed by atoms with Gasteiger partial charge < -0.3 is 29.0 Å². The number of rotatable bonds is 5. The maximum absolute atomic E-state index is 13.2. The minimum Gasteiger partial charge on any atom is -0.496 e. The van der Waals surface area contributed by atoms with Crippen molar-refractivity contribution in [3.8, 4) is 22.8 Å². The van der Waals surface area contributed by atoms with E-state index in [-0.39, 0.29) is 24.0 Å². The first kappa shape index (κ1) is 25.6. The fourth-order valence-corrected chi connectivity index (χ4v) is 4.61. The lowest BCUT2D eigenvalue weighted by Crippen LogP contribution is -2.32. The highest BCUT2D eigenvalue weighted by molar-refractivity contribution is 6.33. The summed E-state index contributed by atoms with van der Waals surface area (Å²) in [6.45, 7) is 1.90. The van der Waals surface area contributed by atoms with E-state index in [1.165, 1.54) is 13.2 Å². The van der Waals surface area contributed by atoms with Crippen LogP contribution in [0.25, 0.3) is 22.3 Å². The van der Waals surface area contributed by atoms with Crippen molar-refractivity contribution < 1.29 is 28.9 Å². The maximum Gasteiger partial charge on any atom is 0.300 e. The number of methoxy groups -OCH3 is 2. The Kier molecular flexibility index (Phi) is 8.19. The van der Waals surface area contributed by atoms with Gasteiger partial charge in [-0.05, 0) is 32.1 Å². The minimum absolute atomic E-state index is 0.00766. The van der Waals surface area contributed by atoms with Crippen molar-refractivity contribution in [2.45, 2.75) is 25.3 Å². The molecule has 2 aromatic carbocycles. The van der Waals surface area contributed by atoms with E-state index < -0.39 is 5.97 Å². The molecule has 1 aliphatic rings. The summed E-state index contributed by atoms with van der Waals surface area (Å²) in [4.78, 5) is 24.3. The van der Waals surface area contributed by atoms with E-state index in [4.69, 9.17) is 35.4 Å².